The van der Waals surface area contributed by atoms with Crippen molar-refractivity contribution in [3.05, 3.63) is 11.1 Å². The first kappa shape index (κ1) is 11.6. The van der Waals surface area contributed by atoms with Crippen LogP contribution in [0.2, 0.25) is 0 Å². The maximum absolute atomic E-state index is 5.76. The first-order chi connectivity index (χ1) is 7.19. The van der Waals surface area contributed by atoms with Crippen molar-refractivity contribution in [2.24, 2.45) is 0 Å². The molecule has 15 heavy (non-hydrogen) atoms. The molecule has 1 fully saturated rings. The third-order valence-electron chi connectivity index (χ3n) is 2.37. The van der Waals surface area contributed by atoms with E-state index in [0.717, 1.165) is 23.9 Å². The molecular weight excluding hydrogens is 248 g/mol. The van der Waals surface area contributed by atoms with E-state index in [1.807, 2.05) is 0 Å². The zero-order valence-corrected chi connectivity index (χ0v) is 11.3. The summed E-state index contributed by atoms with van der Waals surface area (Å²) in [5.41, 5.74) is 0.996. The summed E-state index contributed by atoms with van der Waals surface area (Å²) in [7, 11) is 0. The van der Waals surface area contributed by atoms with Gasteiger partial charge in [0.25, 0.3) is 0 Å². The van der Waals surface area contributed by atoms with E-state index < -0.39 is 0 Å². The Labute approximate surface area is 104 Å². The normalized spacial score (nSPS) is 27.0. The lowest BCUT2D eigenvalue weighted by molar-refractivity contribution is 0.725. The van der Waals surface area contributed by atoms with Crippen LogP contribution in [0.25, 0.3) is 0 Å². The van der Waals surface area contributed by atoms with Gasteiger partial charge in [-0.3, -0.25) is 0 Å². The second kappa shape index (κ2) is 4.93. The second-order valence-corrected chi connectivity index (χ2v) is 6.90. The lowest BCUT2D eigenvalue weighted by Crippen LogP contribution is -2.40. The van der Waals surface area contributed by atoms with Crippen LogP contribution >= 0.6 is 34.7 Å². The maximum Gasteiger partial charge on any atom is 0.185 e. The van der Waals surface area contributed by atoms with E-state index >= 15 is 0 Å². The number of nitrogens with zero attached hydrogens (tertiary/aromatic N) is 2. The van der Waals surface area contributed by atoms with E-state index in [0.29, 0.717) is 16.4 Å². The van der Waals surface area contributed by atoms with E-state index in [9.17, 15) is 0 Å². The van der Waals surface area contributed by atoms with E-state index in [4.69, 9.17) is 11.6 Å². The number of hydrogen-bond donors (Lipinski definition) is 0. The summed E-state index contributed by atoms with van der Waals surface area (Å²) in [5.74, 6) is 0.518. The van der Waals surface area contributed by atoms with Gasteiger partial charge in [0.2, 0.25) is 0 Å². The lowest BCUT2D eigenvalue weighted by Gasteiger charge is -2.34. The summed E-state index contributed by atoms with van der Waals surface area (Å²) in [5, 5.41) is 4.57. The molecule has 1 aliphatic rings. The standard InChI is InChI=1S/C10H15ClN2S2/c1-7-4-13(5-8(2)15-7)10-12-9(3-11)6-14-10/h6-8H,3-5H2,1-2H3. The number of aromatic nitrogens is 1. The molecule has 0 N–H and O–H groups in total. The monoisotopic (exact) mass is 262 g/mol. The second-order valence-electron chi connectivity index (χ2n) is 3.92. The zero-order valence-electron chi connectivity index (χ0n) is 8.94. The van der Waals surface area contributed by atoms with Gasteiger partial charge < -0.3 is 4.90 Å². The van der Waals surface area contributed by atoms with Crippen LogP contribution in [0, 0.1) is 0 Å². The number of rotatable bonds is 2. The van der Waals surface area contributed by atoms with E-state index in [-0.39, 0.29) is 0 Å². The quantitative estimate of drug-likeness (QED) is 0.762. The Morgan fingerprint density at radius 2 is 2.13 bits per heavy atom. The summed E-state index contributed by atoms with van der Waals surface area (Å²) in [6.07, 6.45) is 0. The fourth-order valence-corrected chi connectivity index (χ4v) is 4.24. The molecule has 1 aromatic heterocycles. The molecule has 0 aliphatic carbocycles. The third kappa shape index (κ3) is 2.80. The van der Waals surface area contributed by atoms with Gasteiger partial charge in [0, 0.05) is 29.0 Å². The van der Waals surface area contributed by atoms with Gasteiger partial charge in [-0.25, -0.2) is 4.98 Å². The van der Waals surface area contributed by atoms with Gasteiger partial charge in [-0.1, -0.05) is 13.8 Å². The summed E-state index contributed by atoms with van der Waals surface area (Å²) in [6.45, 7) is 6.77. The minimum Gasteiger partial charge on any atom is -0.346 e. The maximum atomic E-state index is 5.76. The molecule has 0 aromatic carbocycles. The van der Waals surface area contributed by atoms with Gasteiger partial charge in [-0.05, 0) is 0 Å². The number of alkyl halides is 1. The van der Waals surface area contributed by atoms with Crippen molar-refractivity contribution in [2.45, 2.75) is 30.2 Å². The van der Waals surface area contributed by atoms with Crippen molar-refractivity contribution in [3.63, 3.8) is 0 Å². The minimum absolute atomic E-state index is 0.518. The van der Waals surface area contributed by atoms with Crippen molar-refractivity contribution in [1.29, 1.82) is 0 Å². The topological polar surface area (TPSA) is 16.1 Å². The average Bonchev–Trinajstić information content (AvgIpc) is 2.64. The molecule has 2 unspecified atom stereocenters. The smallest absolute Gasteiger partial charge is 0.185 e. The molecule has 84 valence electrons. The predicted octanol–water partition coefficient (Wildman–Crippen LogP) is 3.21. The van der Waals surface area contributed by atoms with E-state index in [1.165, 1.54) is 0 Å². The first-order valence-electron chi connectivity index (χ1n) is 5.10. The van der Waals surface area contributed by atoms with Crippen molar-refractivity contribution < 1.29 is 0 Å². The van der Waals surface area contributed by atoms with Gasteiger partial charge >= 0.3 is 0 Å². The van der Waals surface area contributed by atoms with Gasteiger partial charge in [0.1, 0.15) is 0 Å². The largest absolute Gasteiger partial charge is 0.346 e. The Morgan fingerprint density at radius 1 is 1.47 bits per heavy atom. The molecule has 0 bridgehead atoms. The highest BCUT2D eigenvalue weighted by molar-refractivity contribution is 8.00. The highest BCUT2D eigenvalue weighted by Crippen LogP contribution is 2.30. The Kier molecular flexibility index (Phi) is 3.80. The zero-order chi connectivity index (χ0) is 10.8. The molecule has 2 rings (SSSR count). The van der Waals surface area contributed by atoms with Crippen LogP contribution in [0.4, 0.5) is 5.13 Å². The van der Waals surface area contributed by atoms with Crippen molar-refractivity contribution in [2.75, 3.05) is 18.0 Å². The van der Waals surface area contributed by atoms with Gasteiger partial charge in [-0.15, -0.1) is 22.9 Å². The van der Waals surface area contributed by atoms with Gasteiger partial charge in [-0.2, -0.15) is 11.8 Å². The molecular formula is C10H15ClN2S2. The van der Waals surface area contributed by atoms with Crippen LogP contribution in [0.5, 0.6) is 0 Å². The van der Waals surface area contributed by atoms with Crippen LogP contribution in [-0.2, 0) is 5.88 Å². The Hall–Kier alpha value is 0.0700. The fraction of sp³-hybridized carbons (Fsp3) is 0.700. The number of anilines is 1. The summed E-state index contributed by atoms with van der Waals surface area (Å²) in [4.78, 5) is 6.91. The molecule has 1 aliphatic heterocycles. The molecule has 0 amide bonds. The number of halogens is 1. The first-order valence-corrected chi connectivity index (χ1v) is 7.45. The molecule has 1 saturated heterocycles. The highest BCUT2D eigenvalue weighted by atomic mass is 35.5. The highest BCUT2D eigenvalue weighted by Gasteiger charge is 2.24. The van der Waals surface area contributed by atoms with Crippen LogP contribution in [0.1, 0.15) is 19.5 Å². The summed E-state index contributed by atoms with van der Waals surface area (Å²) in [6, 6.07) is 0. The molecule has 2 heterocycles. The lowest BCUT2D eigenvalue weighted by atomic mass is 10.3. The SMILES string of the molecule is CC1CN(c2nc(CCl)cs2)CC(C)S1. The number of thiazole rings is 1. The van der Waals surface area contributed by atoms with Crippen LogP contribution in [0.15, 0.2) is 5.38 Å². The van der Waals surface area contributed by atoms with Crippen LogP contribution in [-0.4, -0.2) is 28.6 Å². The van der Waals surface area contributed by atoms with Crippen molar-refractivity contribution in [1.82, 2.24) is 4.98 Å². The molecule has 1 aromatic rings. The van der Waals surface area contributed by atoms with Crippen LogP contribution < -0.4 is 4.90 Å². The molecule has 0 saturated carbocycles. The number of thioether (sulfide) groups is 1. The Morgan fingerprint density at radius 3 is 2.67 bits per heavy atom. The summed E-state index contributed by atoms with van der Waals surface area (Å²) >= 11 is 9.53. The van der Waals surface area contributed by atoms with Gasteiger partial charge in [0.05, 0.1) is 11.6 Å². The summed E-state index contributed by atoms with van der Waals surface area (Å²) < 4.78 is 0. The Balaban J connectivity index is 2.09. The van der Waals surface area contributed by atoms with E-state index in [2.05, 4.69) is 40.9 Å². The van der Waals surface area contributed by atoms with Crippen LogP contribution in [0.3, 0.4) is 0 Å². The molecule has 5 heteroatoms. The minimum atomic E-state index is 0.518. The molecule has 2 atom stereocenters. The predicted molar refractivity (Wildman–Crippen MR) is 70.4 cm³/mol. The van der Waals surface area contributed by atoms with E-state index in [1.54, 1.807) is 11.3 Å². The Bertz CT molecular complexity index is 319. The van der Waals surface area contributed by atoms with Crippen molar-refractivity contribution >= 4 is 39.8 Å². The third-order valence-corrected chi connectivity index (χ3v) is 4.82. The molecule has 0 spiro atoms. The molecule has 2 nitrogen and oxygen atoms in total. The van der Waals surface area contributed by atoms with Gasteiger partial charge in [0.15, 0.2) is 5.13 Å². The number of hydrogen-bond acceptors (Lipinski definition) is 4. The molecule has 0 radical (unpaired) electrons. The van der Waals surface area contributed by atoms with Crippen molar-refractivity contribution in [3.8, 4) is 0 Å². The average molecular weight is 263 g/mol. The fourth-order valence-electron chi connectivity index (χ4n) is 1.84.